The molecule has 6 nitrogen and oxygen atoms in total. The molecule has 9 heteroatoms. The second kappa shape index (κ2) is 7.17. The van der Waals surface area contributed by atoms with Crippen molar-refractivity contribution >= 4 is 27.8 Å². The standard InChI is InChI=1S/C21H19F3N4O2/c1-12(29)10-25-20(30)13-3-8-18-16(9-13)17-11-27(2)26-19(17)28(18)15-6-4-14(5-7-15)21(22,23)24/h3-9,11-12,29H,10H2,1-2H3,(H,25,30). The highest BCUT2D eigenvalue weighted by molar-refractivity contribution is 6.10. The normalized spacial score (nSPS) is 13.1. The summed E-state index contributed by atoms with van der Waals surface area (Å²) in [6.07, 6.45) is -3.27. The molecule has 2 aromatic heterocycles. The first-order valence-corrected chi connectivity index (χ1v) is 9.27. The van der Waals surface area contributed by atoms with E-state index in [1.807, 2.05) is 0 Å². The van der Waals surface area contributed by atoms with Gasteiger partial charge in [0.05, 0.1) is 17.2 Å². The fraction of sp³-hybridized carbons (Fsp3) is 0.238. The average Bonchev–Trinajstić information content (AvgIpc) is 3.19. The third-order valence-electron chi connectivity index (χ3n) is 4.82. The van der Waals surface area contributed by atoms with Crippen molar-refractivity contribution in [3.8, 4) is 5.69 Å². The van der Waals surface area contributed by atoms with Gasteiger partial charge in [-0.25, -0.2) is 0 Å². The molecule has 1 amide bonds. The Labute approximate surface area is 169 Å². The summed E-state index contributed by atoms with van der Waals surface area (Å²) < 4.78 is 42.2. The van der Waals surface area contributed by atoms with Gasteiger partial charge in [-0.2, -0.15) is 18.3 Å². The Morgan fingerprint density at radius 3 is 2.50 bits per heavy atom. The number of alkyl halides is 3. The molecule has 2 N–H and O–H groups in total. The molecule has 0 spiro atoms. The molecular weight excluding hydrogens is 397 g/mol. The van der Waals surface area contributed by atoms with Crippen molar-refractivity contribution in [2.45, 2.75) is 19.2 Å². The number of carbonyl (C=O) groups excluding carboxylic acids is 1. The molecule has 0 aliphatic carbocycles. The van der Waals surface area contributed by atoms with Crippen LogP contribution in [0.3, 0.4) is 0 Å². The lowest BCUT2D eigenvalue weighted by Gasteiger charge is -2.10. The summed E-state index contributed by atoms with van der Waals surface area (Å²) in [6, 6.07) is 9.98. The van der Waals surface area contributed by atoms with Crippen LogP contribution in [0.5, 0.6) is 0 Å². The van der Waals surface area contributed by atoms with Gasteiger partial charge in [-0.15, -0.1) is 0 Å². The molecule has 4 rings (SSSR count). The number of hydrogen-bond acceptors (Lipinski definition) is 3. The van der Waals surface area contributed by atoms with E-state index in [0.29, 0.717) is 16.9 Å². The molecule has 30 heavy (non-hydrogen) atoms. The van der Waals surface area contributed by atoms with Crippen molar-refractivity contribution in [1.82, 2.24) is 19.7 Å². The maximum atomic E-state index is 12.9. The molecule has 2 heterocycles. The number of fused-ring (bicyclic) bond motifs is 3. The molecule has 1 atom stereocenters. The van der Waals surface area contributed by atoms with Crippen molar-refractivity contribution < 1.29 is 23.1 Å². The van der Waals surface area contributed by atoms with E-state index in [9.17, 15) is 23.1 Å². The minimum Gasteiger partial charge on any atom is -0.392 e. The highest BCUT2D eigenvalue weighted by atomic mass is 19.4. The Hall–Kier alpha value is -3.33. The summed E-state index contributed by atoms with van der Waals surface area (Å²) in [7, 11) is 1.75. The van der Waals surface area contributed by atoms with Crippen LogP contribution in [0.15, 0.2) is 48.7 Å². The number of halogens is 3. The SMILES string of the molecule is CC(O)CNC(=O)c1ccc2c(c1)c1cn(C)nc1n2-c1ccc(C(F)(F)F)cc1. The number of benzene rings is 2. The molecule has 0 radical (unpaired) electrons. The third-order valence-corrected chi connectivity index (χ3v) is 4.82. The van der Waals surface area contributed by atoms with Crippen LogP contribution >= 0.6 is 0 Å². The highest BCUT2D eigenvalue weighted by Gasteiger charge is 2.30. The smallest absolute Gasteiger partial charge is 0.392 e. The second-order valence-electron chi connectivity index (χ2n) is 7.21. The second-order valence-corrected chi connectivity index (χ2v) is 7.21. The van der Waals surface area contributed by atoms with E-state index in [2.05, 4.69) is 10.4 Å². The van der Waals surface area contributed by atoms with Crippen molar-refractivity contribution in [2.24, 2.45) is 7.05 Å². The predicted octanol–water partition coefficient (Wildman–Crippen LogP) is 3.65. The van der Waals surface area contributed by atoms with Gasteiger partial charge >= 0.3 is 6.18 Å². The number of amides is 1. The zero-order chi connectivity index (χ0) is 21.6. The summed E-state index contributed by atoms with van der Waals surface area (Å²) in [5.74, 6) is -0.322. The largest absolute Gasteiger partial charge is 0.416 e. The number of aliphatic hydroxyl groups is 1. The summed E-state index contributed by atoms with van der Waals surface area (Å²) >= 11 is 0. The lowest BCUT2D eigenvalue weighted by atomic mass is 10.1. The molecule has 1 unspecified atom stereocenters. The number of aromatic nitrogens is 3. The van der Waals surface area contributed by atoms with Crippen LogP contribution in [0.1, 0.15) is 22.8 Å². The minimum absolute atomic E-state index is 0.131. The molecular formula is C21H19F3N4O2. The number of nitrogens with one attached hydrogen (secondary N) is 1. The van der Waals surface area contributed by atoms with Gasteiger partial charge in [0.15, 0.2) is 5.65 Å². The fourth-order valence-electron chi connectivity index (χ4n) is 3.44. The molecule has 0 aliphatic heterocycles. The summed E-state index contributed by atoms with van der Waals surface area (Å²) in [5.41, 5.74) is 1.53. The van der Waals surface area contributed by atoms with E-state index in [1.54, 1.807) is 47.6 Å². The van der Waals surface area contributed by atoms with Crippen LogP contribution in [0.25, 0.3) is 27.6 Å². The molecule has 0 fully saturated rings. The fourth-order valence-corrected chi connectivity index (χ4v) is 3.44. The van der Waals surface area contributed by atoms with Crippen LogP contribution in [0.2, 0.25) is 0 Å². The van der Waals surface area contributed by atoms with Crippen molar-refractivity contribution in [2.75, 3.05) is 6.54 Å². The van der Waals surface area contributed by atoms with E-state index < -0.39 is 17.8 Å². The van der Waals surface area contributed by atoms with Gasteiger partial charge in [0, 0.05) is 41.8 Å². The highest BCUT2D eigenvalue weighted by Crippen LogP contribution is 2.34. The van der Waals surface area contributed by atoms with E-state index >= 15 is 0 Å². The number of rotatable bonds is 4. The van der Waals surface area contributed by atoms with Gasteiger partial charge in [0.2, 0.25) is 0 Å². The van der Waals surface area contributed by atoms with Crippen LogP contribution in [0, 0.1) is 0 Å². The molecule has 0 bridgehead atoms. The van der Waals surface area contributed by atoms with Crippen LogP contribution in [-0.2, 0) is 13.2 Å². The average molecular weight is 416 g/mol. The van der Waals surface area contributed by atoms with Gasteiger partial charge in [0.25, 0.3) is 5.91 Å². The summed E-state index contributed by atoms with van der Waals surface area (Å²) in [6.45, 7) is 1.71. The molecule has 0 saturated heterocycles. The Morgan fingerprint density at radius 2 is 1.87 bits per heavy atom. The number of carbonyl (C=O) groups is 1. The molecule has 0 saturated carbocycles. The van der Waals surface area contributed by atoms with Gasteiger partial charge in [-0.1, -0.05) is 0 Å². The Kier molecular flexibility index (Phi) is 4.77. The number of nitrogens with zero attached hydrogens (tertiary/aromatic N) is 3. The number of aryl methyl sites for hydroxylation is 1. The van der Waals surface area contributed by atoms with Gasteiger partial charge < -0.3 is 10.4 Å². The van der Waals surface area contributed by atoms with Crippen LogP contribution in [0.4, 0.5) is 13.2 Å². The van der Waals surface area contributed by atoms with E-state index in [-0.39, 0.29) is 12.5 Å². The van der Waals surface area contributed by atoms with Crippen LogP contribution < -0.4 is 5.32 Å². The van der Waals surface area contributed by atoms with Crippen molar-refractivity contribution in [1.29, 1.82) is 0 Å². The van der Waals surface area contributed by atoms with E-state index in [1.165, 1.54) is 12.1 Å². The molecule has 156 valence electrons. The monoisotopic (exact) mass is 416 g/mol. The Balaban J connectivity index is 1.84. The molecule has 4 aromatic rings. The Bertz CT molecular complexity index is 1240. The summed E-state index contributed by atoms with van der Waals surface area (Å²) in [4.78, 5) is 12.4. The lowest BCUT2D eigenvalue weighted by Crippen LogP contribution is -2.30. The maximum absolute atomic E-state index is 12.9. The van der Waals surface area contributed by atoms with Gasteiger partial charge in [0.1, 0.15) is 0 Å². The van der Waals surface area contributed by atoms with Gasteiger partial charge in [-0.05, 0) is 49.4 Å². The van der Waals surface area contributed by atoms with Crippen molar-refractivity contribution in [3.63, 3.8) is 0 Å². The first-order chi connectivity index (χ1) is 14.1. The first kappa shape index (κ1) is 20.0. The zero-order valence-corrected chi connectivity index (χ0v) is 16.2. The topological polar surface area (TPSA) is 72.1 Å². The van der Waals surface area contributed by atoms with E-state index in [0.717, 1.165) is 28.4 Å². The molecule has 0 aliphatic rings. The first-order valence-electron chi connectivity index (χ1n) is 9.27. The predicted molar refractivity (Wildman–Crippen MR) is 107 cm³/mol. The van der Waals surface area contributed by atoms with Crippen molar-refractivity contribution in [3.05, 3.63) is 59.8 Å². The van der Waals surface area contributed by atoms with E-state index in [4.69, 9.17) is 0 Å². The van der Waals surface area contributed by atoms with Crippen LogP contribution in [-0.4, -0.2) is 38.0 Å². The third kappa shape index (κ3) is 3.52. The lowest BCUT2D eigenvalue weighted by molar-refractivity contribution is -0.137. The van der Waals surface area contributed by atoms with Gasteiger partial charge in [-0.3, -0.25) is 14.0 Å². The quantitative estimate of drug-likeness (QED) is 0.534. The number of aliphatic hydroxyl groups excluding tert-OH is 1. The molecule has 2 aromatic carbocycles. The maximum Gasteiger partial charge on any atom is 0.416 e. The zero-order valence-electron chi connectivity index (χ0n) is 16.2. The summed E-state index contributed by atoms with van der Waals surface area (Å²) in [5, 5.41) is 18.0. The minimum atomic E-state index is -4.41. The Morgan fingerprint density at radius 1 is 1.17 bits per heavy atom. The number of hydrogen-bond donors (Lipinski definition) is 2.